The van der Waals surface area contributed by atoms with Crippen LogP contribution >= 0.6 is 0 Å². The van der Waals surface area contributed by atoms with Gasteiger partial charge in [0, 0.05) is 35.3 Å². The molecule has 35 heavy (non-hydrogen) atoms. The van der Waals surface area contributed by atoms with Crippen molar-refractivity contribution in [2.75, 3.05) is 32.0 Å². The molecule has 0 unspecified atom stereocenters. The number of nitrogens with two attached hydrogens (primary N) is 1. The molecule has 11 heteroatoms. The third kappa shape index (κ3) is 5.19. The molecule has 1 amide bonds. The van der Waals surface area contributed by atoms with Gasteiger partial charge in [-0.05, 0) is 30.3 Å². The summed E-state index contributed by atoms with van der Waals surface area (Å²) < 4.78 is 16.2. The van der Waals surface area contributed by atoms with Crippen LogP contribution in [0.1, 0.15) is 10.4 Å². The molecule has 0 spiro atoms. The number of carbonyl (C=O) groups excluding carboxylic acids is 1. The first-order valence-electron chi connectivity index (χ1n) is 10.4. The second kappa shape index (κ2) is 10.3. The highest BCUT2D eigenvalue weighted by Gasteiger charge is 2.15. The van der Waals surface area contributed by atoms with Gasteiger partial charge in [0.25, 0.3) is 0 Å². The predicted octanol–water partition coefficient (Wildman–Crippen LogP) is 3.55. The number of hydrogen-bond donors (Lipinski definition) is 3. The molecule has 0 atom stereocenters. The number of benzene rings is 2. The van der Waals surface area contributed by atoms with Crippen LogP contribution in [0.25, 0.3) is 11.4 Å². The van der Waals surface area contributed by atoms with E-state index in [1.165, 1.54) is 27.7 Å². The van der Waals surface area contributed by atoms with E-state index in [1.807, 2.05) is 6.07 Å². The van der Waals surface area contributed by atoms with Gasteiger partial charge in [-0.15, -0.1) is 0 Å². The number of nitrogens with one attached hydrogen (secondary N) is 2. The summed E-state index contributed by atoms with van der Waals surface area (Å²) in [5, 5.41) is 6.33. The van der Waals surface area contributed by atoms with Crippen LogP contribution in [0.5, 0.6) is 17.2 Å². The molecule has 4 N–H and O–H groups in total. The summed E-state index contributed by atoms with van der Waals surface area (Å²) in [5.41, 5.74) is 7.68. The van der Waals surface area contributed by atoms with Gasteiger partial charge in [0.2, 0.25) is 17.6 Å². The largest absolute Gasteiger partial charge is 0.493 e. The molecule has 0 saturated carbocycles. The van der Waals surface area contributed by atoms with Crippen LogP contribution in [0.2, 0.25) is 0 Å². The van der Waals surface area contributed by atoms with Crippen molar-refractivity contribution >= 4 is 29.0 Å². The third-order valence-electron chi connectivity index (χ3n) is 4.95. The van der Waals surface area contributed by atoms with Gasteiger partial charge >= 0.3 is 0 Å². The van der Waals surface area contributed by atoms with Crippen LogP contribution in [0, 0.1) is 0 Å². The molecule has 178 valence electrons. The van der Waals surface area contributed by atoms with Crippen LogP contribution in [-0.2, 0) is 0 Å². The van der Waals surface area contributed by atoms with Crippen molar-refractivity contribution in [3.8, 4) is 28.6 Å². The van der Waals surface area contributed by atoms with Crippen LogP contribution in [-0.4, -0.2) is 47.2 Å². The lowest BCUT2D eigenvalue weighted by Crippen LogP contribution is -2.11. The quantitative estimate of drug-likeness (QED) is 0.330. The fourth-order valence-electron chi connectivity index (χ4n) is 3.34. The Bertz CT molecular complexity index is 1340. The smallest absolute Gasteiger partial charge is 0.248 e. The molecule has 2 heterocycles. The summed E-state index contributed by atoms with van der Waals surface area (Å²) in [7, 11) is 4.62. The molecule has 4 rings (SSSR count). The predicted molar refractivity (Wildman–Crippen MR) is 131 cm³/mol. The van der Waals surface area contributed by atoms with E-state index in [0.717, 1.165) is 0 Å². The van der Waals surface area contributed by atoms with Gasteiger partial charge in [-0.2, -0.15) is 4.98 Å². The molecule has 0 radical (unpaired) electrons. The van der Waals surface area contributed by atoms with Gasteiger partial charge in [0.05, 0.1) is 26.9 Å². The number of aromatic nitrogens is 4. The zero-order valence-electron chi connectivity index (χ0n) is 19.3. The number of anilines is 4. The average Bonchev–Trinajstić information content (AvgIpc) is 2.88. The minimum atomic E-state index is -0.519. The van der Waals surface area contributed by atoms with E-state index in [1.54, 1.807) is 48.7 Å². The summed E-state index contributed by atoms with van der Waals surface area (Å²) in [6, 6.07) is 13.9. The summed E-state index contributed by atoms with van der Waals surface area (Å²) in [6.07, 6.45) is 3.03. The number of amides is 1. The Kier molecular flexibility index (Phi) is 6.86. The van der Waals surface area contributed by atoms with Gasteiger partial charge in [0.15, 0.2) is 17.3 Å². The lowest BCUT2D eigenvalue weighted by molar-refractivity contribution is 0.100. The van der Waals surface area contributed by atoms with Gasteiger partial charge in [0.1, 0.15) is 12.1 Å². The normalized spacial score (nSPS) is 10.4. The van der Waals surface area contributed by atoms with E-state index in [4.69, 9.17) is 19.9 Å². The molecule has 2 aromatic heterocycles. The molecule has 11 nitrogen and oxygen atoms in total. The van der Waals surface area contributed by atoms with E-state index >= 15 is 0 Å². The summed E-state index contributed by atoms with van der Waals surface area (Å²) in [6.45, 7) is 0. The molecular formula is C24H23N7O4. The van der Waals surface area contributed by atoms with Crippen molar-refractivity contribution in [2.24, 2.45) is 5.73 Å². The number of hydrogen-bond acceptors (Lipinski definition) is 10. The number of rotatable bonds is 9. The standard InChI is InChI=1S/C24H23N7O4/c1-33-18-11-16(12-19(34-2)20(18)35-3)30-24-28-13-27-23(31-24)17-8-5-9-26-22(17)29-15-7-4-6-14(10-15)21(25)32/h4-13H,1-3H3,(H2,25,32)(H,26,29)(H,27,28,30,31). The Morgan fingerprint density at radius 3 is 2.31 bits per heavy atom. The third-order valence-corrected chi connectivity index (χ3v) is 4.95. The van der Waals surface area contributed by atoms with Crippen molar-refractivity contribution in [3.05, 3.63) is 66.6 Å². The Morgan fingerprint density at radius 2 is 1.63 bits per heavy atom. The van der Waals surface area contributed by atoms with Crippen molar-refractivity contribution in [3.63, 3.8) is 0 Å². The Labute approximate surface area is 201 Å². The molecule has 2 aromatic carbocycles. The Hall–Kier alpha value is -4.93. The van der Waals surface area contributed by atoms with Crippen molar-refractivity contribution in [1.29, 1.82) is 0 Å². The lowest BCUT2D eigenvalue weighted by Gasteiger charge is -2.15. The highest BCUT2D eigenvalue weighted by molar-refractivity contribution is 5.94. The molecule has 0 saturated heterocycles. The van der Waals surface area contributed by atoms with Crippen molar-refractivity contribution < 1.29 is 19.0 Å². The first kappa shape index (κ1) is 23.2. The van der Waals surface area contributed by atoms with Crippen LogP contribution in [0.3, 0.4) is 0 Å². The number of primary amides is 1. The second-order valence-electron chi connectivity index (χ2n) is 7.14. The number of carbonyl (C=O) groups is 1. The summed E-state index contributed by atoms with van der Waals surface area (Å²) in [5.74, 6) is 2.12. The molecule has 0 aliphatic carbocycles. The Morgan fingerprint density at radius 1 is 0.857 bits per heavy atom. The van der Waals surface area contributed by atoms with E-state index in [9.17, 15) is 4.79 Å². The van der Waals surface area contributed by atoms with Gasteiger partial charge in [-0.3, -0.25) is 4.79 Å². The first-order chi connectivity index (χ1) is 17.0. The van der Waals surface area contributed by atoms with Crippen LogP contribution in [0.4, 0.5) is 23.1 Å². The zero-order valence-corrected chi connectivity index (χ0v) is 19.3. The SMILES string of the molecule is COc1cc(Nc2ncnc(-c3cccnc3Nc3cccc(C(N)=O)c3)n2)cc(OC)c1OC. The average molecular weight is 473 g/mol. The maximum Gasteiger partial charge on any atom is 0.248 e. The zero-order chi connectivity index (χ0) is 24.8. The van der Waals surface area contributed by atoms with Gasteiger partial charge in [-0.1, -0.05) is 6.07 Å². The van der Waals surface area contributed by atoms with Gasteiger partial charge in [-0.25, -0.2) is 15.0 Å². The van der Waals surface area contributed by atoms with Crippen molar-refractivity contribution in [2.45, 2.75) is 0 Å². The van der Waals surface area contributed by atoms with Crippen LogP contribution in [0.15, 0.2) is 61.1 Å². The van der Waals surface area contributed by atoms with Crippen LogP contribution < -0.4 is 30.6 Å². The first-order valence-corrected chi connectivity index (χ1v) is 10.4. The Balaban J connectivity index is 1.64. The fourth-order valence-corrected chi connectivity index (χ4v) is 3.34. The molecular weight excluding hydrogens is 450 g/mol. The lowest BCUT2D eigenvalue weighted by atomic mass is 10.2. The van der Waals surface area contributed by atoms with Crippen molar-refractivity contribution in [1.82, 2.24) is 19.9 Å². The number of ether oxygens (including phenoxy) is 3. The minimum Gasteiger partial charge on any atom is -0.493 e. The molecule has 0 aliphatic rings. The summed E-state index contributed by atoms with van der Waals surface area (Å²) >= 11 is 0. The molecule has 0 fully saturated rings. The number of methoxy groups -OCH3 is 3. The number of pyridine rings is 1. The maximum atomic E-state index is 11.5. The van der Waals surface area contributed by atoms with Gasteiger partial charge < -0.3 is 30.6 Å². The highest BCUT2D eigenvalue weighted by Crippen LogP contribution is 2.40. The number of nitrogens with zero attached hydrogens (tertiary/aromatic N) is 4. The van der Waals surface area contributed by atoms with E-state index < -0.39 is 5.91 Å². The molecule has 0 bridgehead atoms. The maximum absolute atomic E-state index is 11.5. The highest BCUT2D eigenvalue weighted by atomic mass is 16.5. The van der Waals surface area contributed by atoms with E-state index in [-0.39, 0.29) is 0 Å². The molecule has 4 aromatic rings. The molecule has 0 aliphatic heterocycles. The minimum absolute atomic E-state index is 0.301. The fraction of sp³-hybridized carbons (Fsp3) is 0.125. The van der Waals surface area contributed by atoms with E-state index in [2.05, 4.69) is 30.6 Å². The monoisotopic (exact) mass is 473 g/mol. The topological polar surface area (TPSA) is 146 Å². The second-order valence-corrected chi connectivity index (χ2v) is 7.14. The summed E-state index contributed by atoms with van der Waals surface area (Å²) in [4.78, 5) is 29.0. The van der Waals surface area contributed by atoms with E-state index in [0.29, 0.717) is 57.3 Å².